The number of carbonyl (C=O) groups is 1. The van der Waals surface area contributed by atoms with Crippen molar-refractivity contribution >= 4 is 17.7 Å². The van der Waals surface area contributed by atoms with Gasteiger partial charge in [-0.15, -0.1) is 0 Å². The highest BCUT2D eigenvalue weighted by molar-refractivity contribution is 8.00. The zero-order valence-corrected chi connectivity index (χ0v) is 15.6. The average Bonchev–Trinajstić information content (AvgIpc) is 2.44. The number of nitriles is 1. The Morgan fingerprint density at radius 1 is 1.35 bits per heavy atom. The van der Waals surface area contributed by atoms with Gasteiger partial charge in [-0.05, 0) is 44.7 Å². The van der Waals surface area contributed by atoms with Crippen LogP contribution in [0.25, 0.3) is 0 Å². The second-order valence-electron chi connectivity index (χ2n) is 6.45. The summed E-state index contributed by atoms with van der Waals surface area (Å²) < 4.78 is 0. The summed E-state index contributed by atoms with van der Waals surface area (Å²) in [6.45, 7) is 10.3. The molecule has 0 spiro atoms. The quantitative estimate of drug-likeness (QED) is 0.730. The minimum atomic E-state index is -0.00287. The first-order valence-electron chi connectivity index (χ1n) is 8.14. The third-order valence-electron chi connectivity index (χ3n) is 3.59. The van der Waals surface area contributed by atoms with E-state index >= 15 is 0 Å². The molecule has 0 bridgehead atoms. The third kappa shape index (κ3) is 7.04. The van der Waals surface area contributed by atoms with E-state index in [0.29, 0.717) is 22.3 Å². The molecule has 1 aromatic rings. The number of hydrogen-bond donors (Lipinski definition) is 1. The molecule has 1 unspecified atom stereocenters. The Balaban J connectivity index is 2.49. The predicted molar refractivity (Wildman–Crippen MR) is 95.4 cm³/mol. The van der Waals surface area contributed by atoms with Gasteiger partial charge in [-0.2, -0.15) is 5.26 Å². The maximum Gasteiger partial charge on any atom is 0.230 e. The van der Waals surface area contributed by atoms with E-state index in [9.17, 15) is 10.1 Å². The Hall–Kier alpha value is -1.54. The topological polar surface area (TPSA) is 65.8 Å². The highest BCUT2D eigenvalue weighted by atomic mass is 32.2. The fraction of sp³-hybridized carbons (Fsp3) is 0.611. The zero-order chi connectivity index (χ0) is 17.4. The minimum absolute atomic E-state index is 0.00287. The molecule has 0 fully saturated rings. The highest BCUT2D eigenvalue weighted by Gasteiger charge is 2.13. The summed E-state index contributed by atoms with van der Waals surface area (Å²) in [5, 5.41) is 12.9. The predicted octanol–water partition coefficient (Wildman–Crippen LogP) is 3.99. The van der Waals surface area contributed by atoms with Gasteiger partial charge in [-0.25, -0.2) is 4.98 Å². The fourth-order valence-electron chi connectivity index (χ4n) is 2.40. The van der Waals surface area contributed by atoms with E-state index in [4.69, 9.17) is 0 Å². The van der Waals surface area contributed by atoms with Crippen LogP contribution in [-0.4, -0.2) is 22.7 Å². The lowest BCUT2D eigenvalue weighted by Gasteiger charge is -2.14. The van der Waals surface area contributed by atoms with Crippen LogP contribution < -0.4 is 5.32 Å². The molecule has 1 heterocycles. The molecule has 1 amide bonds. The van der Waals surface area contributed by atoms with Gasteiger partial charge in [0, 0.05) is 11.7 Å². The number of aromatic nitrogens is 1. The summed E-state index contributed by atoms with van der Waals surface area (Å²) in [6.07, 6.45) is 3.32. The summed E-state index contributed by atoms with van der Waals surface area (Å²) in [5.74, 6) is 0.990. The number of amides is 1. The molecular formula is C18H27N3OS. The number of thioether (sulfide) groups is 1. The first-order chi connectivity index (χ1) is 10.8. The summed E-state index contributed by atoms with van der Waals surface area (Å²) in [4.78, 5) is 16.4. The molecule has 0 radical (unpaired) electrons. The Morgan fingerprint density at radius 2 is 2.04 bits per heavy atom. The van der Waals surface area contributed by atoms with Crippen molar-refractivity contribution in [3.05, 3.63) is 22.9 Å². The van der Waals surface area contributed by atoms with E-state index in [-0.39, 0.29) is 11.9 Å². The number of nitrogens with one attached hydrogen (secondary N) is 1. The molecule has 1 aromatic heterocycles. The van der Waals surface area contributed by atoms with Gasteiger partial charge in [0.2, 0.25) is 5.91 Å². The molecule has 1 atom stereocenters. The lowest BCUT2D eigenvalue weighted by molar-refractivity contribution is -0.119. The molecule has 5 heteroatoms. The molecule has 0 aliphatic heterocycles. The summed E-state index contributed by atoms with van der Waals surface area (Å²) in [6, 6.07) is 4.25. The first-order valence-corrected chi connectivity index (χ1v) is 9.12. The molecule has 0 aliphatic carbocycles. The number of hydrogen-bond acceptors (Lipinski definition) is 4. The molecule has 0 saturated heterocycles. The molecular weight excluding hydrogens is 306 g/mol. The van der Waals surface area contributed by atoms with E-state index in [0.717, 1.165) is 24.1 Å². The van der Waals surface area contributed by atoms with Crippen molar-refractivity contribution in [1.29, 1.82) is 5.26 Å². The second-order valence-corrected chi connectivity index (χ2v) is 7.42. The van der Waals surface area contributed by atoms with Gasteiger partial charge in [-0.1, -0.05) is 38.5 Å². The Morgan fingerprint density at radius 3 is 2.65 bits per heavy atom. The summed E-state index contributed by atoms with van der Waals surface area (Å²) in [7, 11) is 0. The lowest BCUT2D eigenvalue weighted by atomic mass is 10.0. The maximum atomic E-state index is 12.1. The van der Waals surface area contributed by atoms with Crippen molar-refractivity contribution in [2.75, 3.05) is 5.75 Å². The Labute approximate surface area is 144 Å². The summed E-state index contributed by atoms with van der Waals surface area (Å²) >= 11 is 1.33. The number of carbonyl (C=O) groups excluding carboxylic acids is 1. The van der Waals surface area contributed by atoms with E-state index in [1.807, 2.05) is 26.8 Å². The molecule has 1 N–H and O–H groups in total. The normalized spacial score (nSPS) is 12.0. The minimum Gasteiger partial charge on any atom is -0.353 e. The Bertz CT molecular complexity index is 578. The highest BCUT2D eigenvalue weighted by Crippen LogP contribution is 2.23. The van der Waals surface area contributed by atoms with Gasteiger partial charge >= 0.3 is 0 Å². The second kappa shape index (κ2) is 9.57. The zero-order valence-electron chi connectivity index (χ0n) is 14.8. The van der Waals surface area contributed by atoms with E-state index in [1.54, 1.807) is 0 Å². The standard InChI is InChI=1S/C18H27N3OS/c1-12(2)7-6-8-14(4)20-17(22)11-23-18-16(10-19)13(3)9-15(5)21-18/h9,12,14H,6-8,11H2,1-5H3,(H,20,22). The molecule has 0 aromatic carbocycles. The van der Waals surface area contributed by atoms with Crippen molar-refractivity contribution < 1.29 is 4.79 Å². The lowest BCUT2D eigenvalue weighted by Crippen LogP contribution is -2.33. The molecule has 126 valence electrons. The van der Waals surface area contributed by atoms with Crippen LogP contribution in [0.4, 0.5) is 0 Å². The molecule has 0 aliphatic rings. The smallest absolute Gasteiger partial charge is 0.230 e. The van der Waals surface area contributed by atoms with Gasteiger partial charge in [0.25, 0.3) is 0 Å². The number of aryl methyl sites for hydroxylation is 2. The van der Waals surface area contributed by atoms with Crippen LogP contribution in [0.3, 0.4) is 0 Å². The largest absolute Gasteiger partial charge is 0.353 e. The van der Waals surface area contributed by atoms with Gasteiger partial charge in [0.15, 0.2) is 0 Å². The van der Waals surface area contributed by atoms with Gasteiger partial charge in [0.1, 0.15) is 11.1 Å². The van der Waals surface area contributed by atoms with Gasteiger partial charge in [0.05, 0.1) is 11.3 Å². The maximum absolute atomic E-state index is 12.1. The summed E-state index contributed by atoms with van der Waals surface area (Å²) in [5.41, 5.74) is 2.34. The van der Waals surface area contributed by atoms with Gasteiger partial charge in [-0.3, -0.25) is 4.79 Å². The van der Waals surface area contributed by atoms with Crippen LogP contribution in [0.1, 0.15) is 56.9 Å². The van der Waals surface area contributed by atoms with E-state index in [1.165, 1.54) is 18.2 Å². The average molecular weight is 334 g/mol. The monoisotopic (exact) mass is 333 g/mol. The molecule has 1 rings (SSSR count). The number of pyridine rings is 1. The van der Waals surface area contributed by atoms with Crippen LogP contribution in [-0.2, 0) is 4.79 Å². The number of rotatable bonds is 8. The van der Waals surface area contributed by atoms with Crippen LogP contribution in [0.2, 0.25) is 0 Å². The van der Waals surface area contributed by atoms with Crippen molar-refractivity contribution in [1.82, 2.24) is 10.3 Å². The molecule has 0 saturated carbocycles. The first kappa shape index (κ1) is 19.5. The fourth-order valence-corrected chi connectivity index (χ4v) is 3.31. The SMILES string of the molecule is Cc1cc(C)c(C#N)c(SCC(=O)NC(C)CCCC(C)C)n1. The van der Waals surface area contributed by atoms with Crippen molar-refractivity contribution in [2.45, 2.75) is 64.9 Å². The van der Waals surface area contributed by atoms with Crippen molar-refractivity contribution in [2.24, 2.45) is 5.92 Å². The molecule has 23 heavy (non-hydrogen) atoms. The third-order valence-corrected chi connectivity index (χ3v) is 4.56. The van der Waals surface area contributed by atoms with Crippen LogP contribution in [0.5, 0.6) is 0 Å². The van der Waals surface area contributed by atoms with Crippen LogP contribution in [0.15, 0.2) is 11.1 Å². The number of nitrogens with zero attached hydrogens (tertiary/aromatic N) is 2. The van der Waals surface area contributed by atoms with Crippen molar-refractivity contribution in [3.8, 4) is 6.07 Å². The van der Waals surface area contributed by atoms with Crippen LogP contribution >= 0.6 is 11.8 Å². The van der Waals surface area contributed by atoms with Crippen molar-refractivity contribution in [3.63, 3.8) is 0 Å². The Kier molecular flexibility index (Phi) is 8.11. The van der Waals surface area contributed by atoms with E-state index in [2.05, 4.69) is 30.2 Å². The van der Waals surface area contributed by atoms with Gasteiger partial charge < -0.3 is 5.32 Å². The molecule has 4 nitrogen and oxygen atoms in total. The van der Waals surface area contributed by atoms with Crippen LogP contribution in [0, 0.1) is 31.1 Å². The van der Waals surface area contributed by atoms with E-state index < -0.39 is 0 Å².